The molecule has 25 heavy (non-hydrogen) atoms. The van der Waals surface area contributed by atoms with Gasteiger partial charge in [0, 0.05) is 28.5 Å². The molecule has 4 rings (SSSR count). The van der Waals surface area contributed by atoms with Crippen LogP contribution in [0.1, 0.15) is 5.56 Å². The lowest BCUT2D eigenvalue weighted by Gasteiger charge is -2.05. The Morgan fingerprint density at radius 2 is 2.00 bits per heavy atom. The van der Waals surface area contributed by atoms with E-state index in [1.54, 1.807) is 16.6 Å². The van der Waals surface area contributed by atoms with Crippen molar-refractivity contribution in [3.8, 4) is 0 Å². The maximum absolute atomic E-state index is 10.8. The largest absolute Gasteiger partial charge is 0.270 e. The molecule has 0 saturated carbocycles. The Kier molecular flexibility index (Phi) is 3.51. The summed E-state index contributed by atoms with van der Waals surface area (Å²) in [5.41, 5.74) is 4.16. The summed E-state index contributed by atoms with van der Waals surface area (Å²) in [6.45, 7) is 0. The minimum absolute atomic E-state index is 0.0124. The van der Waals surface area contributed by atoms with Crippen LogP contribution in [0.2, 0.25) is 0 Å². The van der Waals surface area contributed by atoms with Crippen LogP contribution in [0.3, 0.4) is 0 Å². The highest BCUT2D eigenvalue weighted by Crippen LogP contribution is 2.23. The fourth-order valence-corrected chi connectivity index (χ4v) is 2.50. The van der Waals surface area contributed by atoms with E-state index in [1.807, 2.05) is 24.3 Å². The molecular weight excluding hydrogens is 322 g/mol. The third-order valence-electron chi connectivity index (χ3n) is 3.63. The van der Waals surface area contributed by atoms with E-state index in [0.29, 0.717) is 17.0 Å². The predicted octanol–water partition coefficient (Wildman–Crippen LogP) is 2.63. The number of non-ortho nitro benzene ring substituents is 1. The second-order valence-corrected chi connectivity index (χ2v) is 5.22. The average molecular weight is 333 g/mol. The van der Waals surface area contributed by atoms with Crippen LogP contribution in [0.5, 0.6) is 0 Å². The van der Waals surface area contributed by atoms with Crippen molar-refractivity contribution in [1.29, 1.82) is 0 Å². The van der Waals surface area contributed by atoms with Crippen LogP contribution in [-0.4, -0.2) is 30.9 Å². The van der Waals surface area contributed by atoms with Crippen LogP contribution >= 0.6 is 0 Å². The molecule has 4 aromatic rings. The first kappa shape index (κ1) is 14.7. The number of hydrogen-bond donors (Lipinski definition) is 1. The molecule has 2 aromatic heterocycles. The Hall–Kier alpha value is -3.88. The molecule has 2 aromatic carbocycles. The Labute approximate surface area is 140 Å². The highest BCUT2D eigenvalue weighted by Gasteiger charge is 2.09. The van der Waals surface area contributed by atoms with Gasteiger partial charge in [-0.3, -0.25) is 15.5 Å². The van der Waals surface area contributed by atoms with Crippen LogP contribution in [0.25, 0.3) is 16.4 Å². The van der Waals surface area contributed by atoms with Crippen molar-refractivity contribution in [1.82, 2.24) is 19.8 Å². The second-order valence-electron chi connectivity index (χ2n) is 5.22. The maximum atomic E-state index is 10.8. The van der Waals surface area contributed by atoms with Crippen molar-refractivity contribution in [2.24, 2.45) is 5.10 Å². The second kappa shape index (κ2) is 5.96. The molecule has 0 radical (unpaired) electrons. The number of anilines is 1. The normalized spacial score (nSPS) is 11.4. The molecule has 9 nitrogen and oxygen atoms in total. The SMILES string of the molecule is O=[N+]([O-])c1cccc(C=NNc2nn3cnnc3c3ccccc23)c1. The van der Waals surface area contributed by atoms with E-state index < -0.39 is 4.92 Å². The fourth-order valence-electron chi connectivity index (χ4n) is 2.50. The molecule has 1 N–H and O–H groups in total. The predicted molar refractivity (Wildman–Crippen MR) is 92.6 cm³/mol. The van der Waals surface area contributed by atoms with Gasteiger partial charge in [-0.15, -0.1) is 15.3 Å². The molecule has 0 fully saturated rings. The third-order valence-corrected chi connectivity index (χ3v) is 3.63. The van der Waals surface area contributed by atoms with Gasteiger partial charge in [0.1, 0.15) is 6.33 Å². The number of rotatable bonds is 4. The van der Waals surface area contributed by atoms with Crippen molar-refractivity contribution in [3.05, 3.63) is 70.5 Å². The molecule has 0 atom stereocenters. The molecule has 2 heterocycles. The Morgan fingerprint density at radius 3 is 2.84 bits per heavy atom. The molecule has 0 saturated heterocycles. The number of nitrogens with zero attached hydrogens (tertiary/aromatic N) is 6. The summed E-state index contributed by atoms with van der Waals surface area (Å²) in [5, 5.41) is 29.0. The molecule has 0 aliphatic heterocycles. The van der Waals surface area contributed by atoms with E-state index >= 15 is 0 Å². The summed E-state index contributed by atoms with van der Waals surface area (Å²) in [6.07, 6.45) is 3.01. The summed E-state index contributed by atoms with van der Waals surface area (Å²) >= 11 is 0. The molecule has 0 amide bonds. The van der Waals surface area contributed by atoms with Gasteiger partial charge in [0.25, 0.3) is 5.69 Å². The minimum atomic E-state index is -0.445. The van der Waals surface area contributed by atoms with E-state index in [4.69, 9.17) is 0 Å². The number of nitrogens with one attached hydrogen (secondary N) is 1. The molecule has 122 valence electrons. The summed E-state index contributed by atoms with van der Waals surface area (Å²) in [5.74, 6) is 0.532. The summed E-state index contributed by atoms with van der Waals surface area (Å²) in [4.78, 5) is 10.4. The lowest BCUT2D eigenvalue weighted by Crippen LogP contribution is -2.00. The van der Waals surface area contributed by atoms with Gasteiger partial charge < -0.3 is 0 Å². The number of aromatic nitrogens is 4. The summed E-state index contributed by atoms with van der Waals surface area (Å²) < 4.78 is 1.56. The van der Waals surface area contributed by atoms with Crippen molar-refractivity contribution < 1.29 is 4.92 Å². The number of hydrogen-bond acceptors (Lipinski definition) is 7. The van der Waals surface area contributed by atoms with Crippen LogP contribution < -0.4 is 5.43 Å². The summed E-state index contributed by atoms with van der Waals surface area (Å²) in [6, 6.07) is 13.8. The summed E-state index contributed by atoms with van der Waals surface area (Å²) in [7, 11) is 0. The Balaban J connectivity index is 1.68. The zero-order chi connectivity index (χ0) is 17.2. The lowest BCUT2D eigenvalue weighted by atomic mass is 10.2. The maximum Gasteiger partial charge on any atom is 0.270 e. The molecule has 9 heteroatoms. The van der Waals surface area contributed by atoms with Crippen molar-refractivity contribution in [3.63, 3.8) is 0 Å². The van der Waals surface area contributed by atoms with Crippen molar-refractivity contribution in [2.75, 3.05) is 5.43 Å². The number of benzene rings is 2. The van der Waals surface area contributed by atoms with Gasteiger partial charge in [-0.2, -0.15) is 9.62 Å². The van der Waals surface area contributed by atoms with Gasteiger partial charge in [0.15, 0.2) is 11.5 Å². The number of nitro groups is 1. The van der Waals surface area contributed by atoms with E-state index in [0.717, 1.165) is 10.8 Å². The molecule has 0 aliphatic carbocycles. The first-order valence-electron chi connectivity index (χ1n) is 7.35. The molecule has 0 spiro atoms. The molecular formula is C16H11N7O2. The smallest absolute Gasteiger partial charge is 0.259 e. The van der Waals surface area contributed by atoms with Gasteiger partial charge in [-0.05, 0) is 0 Å². The topological polar surface area (TPSA) is 111 Å². The van der Waals surface area contributed by atoms with E-state index in [2.05, 4.69) is 25.8 Å². The van der Waals surface area contributed by atoms with Crippen molar-refractivity contribution >= 4 is 34.1 Å². The molecule has 0 unspecified atom stereocenters. The van der Waals surface area contributed by atoms with Crippen LogP contribution in [0, 0.1) is 10.1 Å². The van der Waals surface area contributed by atoms with Crippen molar-refractivity contribution in [2.45, 2.75) is 0 Å². The Morgan fingerprint density at radius 1 is 1.16 bits per heavy atom. The van der Waals surface area contributed by atoms with Crippen LogP contribution in [-0.2, 0) is 0 Å². The average Bonchev–Trinajstić information content (AvgIpc) is 3.11. The number of hydrazone groups is 1. The highest BCUT2D eigenvalue weighted by molar-refractivity contribution is 5.99. The molecule has 0 aliphatic rings. The third kappa shape index (κ3) is 2.74. The minimum Gasteiger partial charge on any atom is -0.259 e. The van der Waals surface area contributed by atoms with E-state index in [1.165, 1.54) is 24.7 Å². The van der Waals surface area contributed by atoms with E-state index in [9.17, 15) is 10.1 Å². The highest BCUT2D eigenvalue weighted by atomic mass is 16.6. The standard InChI is InChI=1S/C16H11N7O2/c24-23(25)12-5-3-4-11(8-12)9-17-19-15-13-6-1-2-7-14(13)16-20-18-10-22(16)21-15/h1-10H,(H,19,21). The Bertz CT molecular complexity index is 1120. The van der Waals surface area contributed by atoms with E-state index in [-0.39, 0.29) is 5.69 Å². The van der Waals surface area contributed by atoms with Crippen LogP contribution in [0.15, 0.2) is 60.0 Å². The quantitative estimate of drug-likeness (QED) is 0.349. The van der Waals surface area contributed by atoms with Gasteiger partial charge in [0.05, 0.1) is 11.1 Å². The first-order chi connectivity index (χ1) is 12.2. The zero-order valence-electron chi connectivity index (χ0n) is 12.8. The van der Waals surface area contributed by atoms with Gasteiger partial charge in [-0.1, -0.05) is 36.4 Å². The van der Waals surface area contributed by atoms with Crippen LogP contribution in [0.4, 0.5) is 11.5 Å². The first-order valence-corrected chi connectivity index (χ1v) is 7.35. The lowest BCUT2D eigenvalue weighted by molar-refractivity contribution is -0.384. The number of fused-ring (bicyclic) bond motifs is 3. The van der Waals surface area contributed by atoms with Gasteiger partial charge in [-0.25, -0.2) is 0 Å². The molecule has 0 bridgehead atoms. The van der Waals surface area contributed by atoms with Gasteiger partial charge >= 0.3 is 0 Å². The fraction of sp³-hybridized carbons (Fsp3) is 0. The zero-order valence-corrected chi connectivity index (χ0v) is 12.8. The van der Waals surface area contributed by atoms with Gasteiger partial charge in [0.2, 0.25) is 0 Å². The monoisotopic (exact) mass is 333 g/mol. The number of nitro benzene ring substituents is 1.